The van der Waals surface area contributed by atoms with Crippen molar-refractivity contribution < 1.29 is 4.79 Å². The van der Waals surface area contributed by atoms with Crippen LogP contribution in [0.3, 0.4) is 0 Å². The number of piperidine rings is 1. The quantitative estimate of drug-likeness (QED) is 0.914. The van der Waals surface area contributed by atoms with Crippen LogP contribution in [0.15, 0.2) is 30.5 Å². The van der Waals surface area contributed by atoms with Crippen molar-refractivity contribution in [2.24, 2.45) is 0 Å². The number of amides is 1. The third-order valence-corrected chi connectivity index (χ3v) is 4.16. The van der Waals surface area contributed by atoms with Gasteiger partial charge in [0, 0.05) is 23.5 Å². The van der Waals surface area contributed by atoms with E-state index in [-0.39, 0.29) is 5.91 Å². The lowest BCUT2D eigenvalue weighted by Gasteiger charge is -2.22. The molecule has 1 saturated heterocycles. The van der Waals surface area contributed by atoms with Crippen molar-refractivity contribution >= 4 is 23.2 Å². The highest BCUT2D eigenvalue weighted by Crippen LogP contribution is 2.20. The Bertz CT molecular complexity index is 677. The monoisotopic (exact) mass is 318 g/mol. The zero-order valence-electron chi connectivity index (χ0n) is 12.5. The van der Waals surface area contributed by atoms with Gasteiger partial charge in [0.15, 0.2) is 5.69 Å². The number of nitrogens with zero attached hydrogens (tertiary/aromatic N) is 2. The second kappa shape index (κ2) is 6.50. The molecule has 1 fully saturated rings. The first kappa shape index (κ1) is 15.1. The van der Waals surface area contributed by atoms with Crippen LogP contribution in [0.25, 0.3) is 0 Å². The number of hydrogen-bond donors (Lipinski definition) is 2. The number of hydrogen-bond acceptors (Lipinski definition) is 3. The molecule has 1 unspecified atom stereocenters. The van der Waals surface area contributed by atoms with Crippen molar-refractivity contribution in [2.45, 2.75) is 25.8 Å². The maximum Gasteiger partial charge on any atom is 0.276 e. The topological polar surface area (TPSA) is 59.0 Å². The van der Waals surface area contributed by atoms with E-state index in [9.17, 15) is 4.79 Å². The number of aromatic nitrogens is 2. The summed E-state index contributed by atoms with van der Waals surface area (Å²) in [5.41, 5.74) is 2.11. The van der Waals surface area contributed by atoms with Crippen LogP contribution in [-0.2, 0) is 0 Å². The van der Waals surface area contributed by atoms with E-state index in [0.717, 1.165) is 37.2 Å². The summed E-state index contributed by atoms with van der Waals surface area (Å²) >= 11 is 5.93. The molecular weight excluding hydrogens is 300 g/mol. The molecule has 5 nitrogen and oxygen atoms in total. The van der Waals surface area contributed by atoms with Gasteiger partial charge in [0.1, 0.15) is 0 Å². The lowest BCUT2D eigenvalue weighted by atomic mass is 10.1. The fraction of sp³-hybridized carbons (Fsp3) is 0.375. The van der Waals surface area contributed by atoms with Gasteiger partial charge in [0.05, 0.1) is 6.04 Å². The van der Waals surface area contributed by atoms with Crippen molar-refractivity contribution in [3.8, 4) is 0 Å². The van der Waals surface area contributed by atoms with Crippen molar-refractivity contribution in [1.29, 1.82) is 0 Å². The highest BCUT2D eigenvalue weighted by Gasteiger charge is 2.18. The highest BCUT2D eigenvalue weighted by molar-refractivity contribution is 6.30. The molecule has 116 valence electrons. The van der Waals surface area contributed by atoms with E-state index in [2.05, 4.69) is 15.7 Å². The SMILES string of the molecule is Cc1cc(Cl)ccc1NC(=O)c1ccn(C2CCCNC2)n1. The van der Waals surface area contributed by atoms with E-state index in [1.165, 1.54) is 0 Å². The lowest BCUT2D eigenvalue weighted by Crippen LogP contribution is -2.32. The first-order valence-corrected chi connectivity index (χ1v) is 7.84. The molecule has 1 aromatic carbocycles. The zero-order chi connectivity index (χ0) is 15.5. The summed E-state index contributed by atoms with van der Waals surface area (Å²) in [6.45, 7) is 3.87. The van der Waals surface area contributed by atoms with E-state index in [1.54, 1.807) is 18.2 Å². The molecule has 1 atom stereocenters. The summed E-state index contributed by atoms with van der Waals surface area (Å²) in [6, 6.07) is 7.47. The molecule has 0 radical (unpaired) electrons. The predicted molar refractivity (Wildman–Crippen MR) is 87.5 cm³/mol. The van der Waals surface area contributed by atoms with Gasteiger partial charge in [0.2, 0.25) is 0 Å². The Morgan fingerprint density at radius 1 is 1.45 bits per heavy atom. The van der Waals surface area contributed by atoms with Crippen LogP contribution in [0, 0.1) is 6.92 Å². The van der Waals surface area contributed by atoms with Gasteiger partial charge in [-0.15, -0.1) is 0 Å². The van der Waals surface area contributed by atoms with Gasteiger partial charge in [-0.1, -0.05) is 11.6 Å². The summed E-state index contributed by atoms with van der Waals surface area (Å²) in [4.78, 5) is 12.3. The predicted octanol–water partition coefficient (Wildman–Crippen LogP) is 3.02. The second-order valence-electron chi connectivity index (χ2n) is 5.59. The van der Waals surface area contributed by atoms with Gasteiger partial charge < -0.3 is 10.6 Å². The molecular formula is C16H19ClN4O. The normalized spacial score (nSPS) is 18.2. The summed E-state index contributed by atoms with van der Waals surface area (Å²) in [5.74, 6) is -0.201. The highest BCUT2D eigenvalue weighted by atomic mass is 35.5. The van der Waals surface area contributed by atoms with Crippen LogP contribution in [0.5, 0.6) is 0 Å². The van der Waals surface area contributed by atoms with E-state index in [4.69, 9.17) is 11.6 Å². The van der Waals surface area contributed by atoms with E-state index in [0.29, 0.717) is 16.8 Å². The minimum absolute atomic E-state index is 0.201. The molecule has 2 aromatic rings. The smallest absolute Gasteiger partial charge is 0.276 e. The molecule has 0 bridgehead atoms. The first-order chi connectivity index (χ1) is 10.6. The summed E-state index contributed by atoms with van der Waals surface area (Å²) < 4.78 is 1.88. The second-order valence-corrected chi connectivity index (χ2v) is 6.03. The number of nitrogens with one attached hydrogen (secondary N) is 2. The number of carbonyl (C=O) groups excluding carboxylic acids is 1. The van der Waals surface area contributed by atoms with Crippen LogP contribution in [-0.4, -0.2) is 28.8 Å². The minimum Gasteiger partial charge on any atom is -0.320 e. The Labute approximate surface area is 134 Å². The molecule has 6 heteroatoms. The van der Waals surface area contributed by atoms with Gasteiger partial charge in [-0.05, 0) is 56.1 Å². The molecule has 3 rings (SSSR count). The van der Waals surface area contributed by atoms with E-state index in [1.807, 2.05) is 23.9 Å². The van der Waals surface area contributed by atoms with E-state index < -0.39 is 0 Å². The fourth-order valence-corrected chi connectivity index (χ4v) is 2.90. The van der Waals surface area contributed by atoms with Crippen LogP contribution < -0.4 is 10.6 Å². The number of rotatable bonds is 3. The fourth-order valence-electron chi connectivity index (χ4n) is 2.68. The largest absolute Gasteiger partial charge is 0.320 e. The number of carbonyl (C=O) groups is 1. The molecule has 0 saturated carbocycles. The first-order valence-electron chi connectivity index (χ1n) is 7.47. The lowest BCUT2D eigenvalue weighted by molar-refractivity contribution is 0.102. The van der Waals surface area contributed by atoms with Crippen LogP contribution in [0.1, 0.15) is 34.9 Å². The third-order valence-electron chi connectivity index (χ3n) is 3.92. The van der Waals surface area contributed by atoms with Gasteiger partial charge in [-0.3, -0.25) is 9.48 Å². The van der Waals surface area contributed by atoms with Crippen molar-refractivity contribution in [3.05, 3.63) is 46.7 Å². The molecule has 2 heterocycles. The number of halogens is 1. The molecule has 0 spiro atoms. The molecule has 1 aromatic heterocycles. The number of anilines is 1. The molecule has 0 aliphatic carbocycles. The molecule has 1 aliphatic rings. The molecule has 22 heavy (non-hydrogen) atoms. The Hall–Kier alpha value is -1.85. The van der Waals surface area contributed by atoms with Crippen LogP contribution in [0.2, 0.25) is 5.02 Å². The molecule has 2 N–H and O–H groups in total. The van der Waals surface area contributed by atoms with Gasteiger partial charge >= 0.3 is 0 Å². The number of benzene rings is 1. The van der Waals surface area contributed by atoms with Gasteiger partial charge in [0.25, 0.3) is 5.91 Å². The molecule has 1 aliphatic heterocycles. The van der Waals surface area contributed by atoms with Crippen molar-refractivity contribution in [3.63, 3.8) is 0 Å². The maximum absolute atomic E-state index is 12.3. The molecule has 1 amide bonds. The van der Waals surface area contributed by atoms with E-state index >= 15 is 0 Å². The van der Waals surface area contributed by atoms with Crippen molar-refractivity contribution in [1.82, 2.24) is 15.1 Å². The standard InChI is InChI=1S/C16H19ClN4O/c1-11-9-12(17)4-5-14(11)19-16(22)15-6-8-21(20-15)13-3-2-7-18-10-13/h4-6,8-9,13,18H,2-3,7,10H2,1H3,(H,19,22). The van der Waals surface area contributed by atoms with Crippen LogP contribution >= 0.6 is 11.6 Å². The van der Waals surface area contributed by atoms with Gasteiger partial charge in [-0.25, -0.2) is 0 Å². The summed E-state index contributed by atoms with van der Waals surface area (Å²) in [7, 11) is 0. The average Bonchev–Trinajstić information content (AvgIpc) is 3.01. The average molecular weight is 319 g/mol. The minimum atomic E-state index is -0.201. The Kier molecular flexibility index (Phi) is 4.45. The summed E-state index contributed by atoms with van der Waals surface area (Å²) in [6.07, 6.45) is 4.10. The Morgan fingerprint density at radius 2 is 2.32 bits per heavy atom. The van der Waals surface area contributed by atoms with Crippen molar-refractivity contribution in [2.75, 3.05) is 18.4 Å². The third kappa shape index (κ3) is 3.31. The Balaban J connectivity index is 1.71. The summed E-state index contributed by atoms with van der Waals surface area (Å²) in [5, 5.41) is 11.3. The van der Waals surface area contributed by atoms with Gasteiger partial charge in [-0.2, -0.15) is 5.10 Å². The zero-order valence-corrected chi connectivity index (χ0v) is 13.2. The van der Waals surface area contributed by atoms with Crippen LogP contribution in [0.4, 0.5) is 5.69 Å². The Morgan fingerprint density at radius 3 is 3.05 bits per heavy atom. The number of aryl methyl sites for hydroxylation is 1. The maximum atomic E-state index is 12.3.